The molecule has 1 amide bonds. The first kappa shape index (κ1) is 20.9. The van der Waals surface area contributed by atoms with Crippen LogP contribution in [0.25, 0.3) is 22.0 Å². The van der Waals surface area contributed by atoms with Crippen molar-refractivity contribution in [2.45, 2.75) is 6.54 Å². The first-order chi connectivity index (χ1) is 15.4. The maximum atomic E-state index is 15.2. The second-order valence-corrected chi connectivity index (χ2v) is 7.08. The molecular weight excluding hydrogens is 416 g/mol. The number of amides is 1. The van der Waals surface area contributed by atoms with Crippen LogP contribution in [0.2, 0.25) is 0 Å². The van der Waals surface area contributed by atoms with Crippen LogP contribution in [0.15, 0.2) is 48.8 Å². The number of methoxy groups -OCH3 is 1. The number of benzene rings is 2. The van der Waals surface area contributed by atoms with Gasteiger partial charge in [-0.2, -0.15) is 10.4 Å². The summed E-state index contributed by atoms with van der Waals surface area (Å²) in [6.45, 7) is 0.101. The van der Waals surface area contributed by atoms with Gasteiger partial charge in [-0.15, -0.1) is 0 Å². The van der Waals surface area contributed by atoms with E-state index in [1.807, 2.05) is 6.07 Å². The third-order valence-corrected chi connectivity index (χ3v) is 5.09. The fourth-order valence-electron chi connectivity index (χ4n) is 3.53. The van der Waals surface area contributed by atoms with Crippen LogP contribution in [-0.4, -0.2) is 40.1 Å². The van der Waals surface area contributed by atoms with E-state index in [1.54, 1.807) is 6.07 Å². The molecule has 4 aromatic rings. The molecule has 2 aromatic heterocycles. The van der Waals surface area contributed by atoms with Crippen LogP contribution in [0.3, 0.4) is 0 Å². The quantitative estimate of drug-likeness (QED) is 0.512. The summed E-state index contributed by atoms with van der Waals surface area (Å²) in [5, 5.41) is 16.5. The van der Waals surface area contributed by atoms with Crippen LogP contribution in [0.5, 0.6) is 5.75 Å². The highest BCUT2D eigenvalue weighted by Gasteiger charge is 2.23. The Hall–Kier alpha value is -4.32. The molecule has 2 heterocycles. The fourth-order valence-corrected chi connectivity index (χ4v) is 3.53. The van der Waals surface area contributed by atoms with Gasteiger partial charge in [-0.1, -0.05) is 12.1 Å². The summed E-state index contributed by atoms with van der Waals surface area (Å²) in [4.78, 5) is 18.4. The van der Waals surface area contributed by atoms with Crippen molar-refractivity contribution < 1.29 is 18.3 Å². The molecule has 0 unspecified atom stereocenters. The molecule has 0 aliphatic heterocycles. The van der Waals surface area contributed by atoms with Gasteiger partial charge >= 0.3 is 0 Å². The van der Waals surface area contributed by atoms with E-state index in [2.05, 4.69) is 15.2 Å². The zero-order valence-corrected chi connectivity index (χ0v) is 17.2. The smallest absolute Gasteiger partial charge is 0.257 e. The number of ether oxygens (including phenoxy) is 1. The lowest BCUT2D eigenvalue weighted by molar-refractivity contribution is 0.0780. The van der Waals surface area contributed by atoms with Gasteiger partial charge in [0, 0.05) is 30.9 Å². The lowest BCUT2D eigenvalue weighted by atomic mass is 10.0. The van der Waals surface area contributed by atoms with E-state index >= 15 is 4.39 Å². The van der Waals surface area contributed by atoms with E-state index in [-0.39, 0.29) is 23.6 Å². The topological polar surface area (TPSA) is 94.9 Å². The first-order valence-electron chi connectivity index (χ1n) is 9.53. The Morgan fingerprint density at radius 3 is 2.78 bits per heavy atom. The highest BCUT2D eigenvalue weighted by molar-refractivity contribution is 5.96. The van der Waals surface area contributed by atoms with Gasteiger partial charge in [-0.05, 0) is 29.8 Å². The molecule has 9 heteroatoms. The molecule has 4 rings (SSSR count). The van der Waals surface area contributed by atoms with Crippen molar-refractivity contribution in [3.63, 3.8) is 0 Å². The summed E-state index contributed by atoms with van der Waals surface area (Å²) in [6, 6.07) is 10.5. The summed E-state index contributed by atoms with van der Waals surface area (Å²) >= 11 is 0. The minimum atomic E-state index is -0.837. The molecule has 0 saturated carbocycles. The number of aromatic amines is 1. The third-order valence-electron chi connectivity index (χ3n) is 5.09. The first-order valence-corrected chi connectivity index (χ1v) is 9.53. The monoisotopic (exact) mass is 433 g/mol. The van der Waals surface area contributed by atoms with E-state index in [9.17, 15) is 14.4 Å². The van der Waals surface area contributed by atoms with E-state index < -0.39 is 17.5 Å². The number of pyridine rings is 1. The highest BCUT2D eigenvalue weighted by Crippen LogP contribution is 2.35. The number of carbonyl (C=O) groups is 1. The van der Waals surface area contributed by atoms with E-state index in [0.717, 1.165) is 0 Å². The zero-order chi connectivity index (χ0) is 22.8. The number of halogens is 2. The summed E-state index contributed by atoms with van der Waals surface area (Å²) in [5.74, 6) is -2.03. The molecule has 0 spiro atoms. The van der Waals surface area contributed by atoms with Crippen molar-refractivity contribution >= 4 is 16.8 Å². The van der Waals surface area contributed by atoms with Gasteiger partial charge in [0.1, 0.15) is 11.9 Å². The molecule has 0 bridgehead atoms. The van der Waals surface area contributed by atoms with Crippen LogP contribution < -0.4 is 4.74 Å². The molecule has 32 heavy (non-hydrogen) atoms. The number of fused-ring (bicyclic) bond motifs is 1. The molecule has 160 valence electrons. The lowest BCUT2D eigenvalue weighted by Gasteiger charge is -2.19. The summed E-state index contributed by atoms with van der Waals surface area (Å²) < 4.78 is 34.1. The largest absolute Gasteiger partial charge is 0.493 e. The summed E-state index contributed by atoms with van der Waals surface area (Å²) in [7, 11) is 2.81. The van der Waals surface area contributed by atoms with Crippen molar-refractivity contribution in [2.24, 2.45) is 0 Å². The number of nitrogens with one attached hydrogen (secondary N) is 1. The normalized spacial score (nSPS) is 10.7. The fraction of sp³-hybridized carbons (Fsp3) is 0.130. The maximum absolute atomic E-state index is 15.2. The zero-order valence-electron chi connectivity index (χ0n) is 17.2. The van der Waals surface area contributed by atoms with Crippen LogP contribution in [0, 0.1) is 23.0 Å². The predicted molar refractivity (Wildman–Crippen MR) is 113 cm³/mol. The van der Waals surface area contributed by atoms with E-state index in [4.69, 9.17) is 4.74 Å². The lowest BCUT2D eigenvalue weighted by Crippen LogP contribution is -2.27. The van der Waals surface area contributed by atoms with Gasteiger partial charge in [0.2, 0.25) is 0 Å². The molecule has 0 fully saturated rings. The minimum absolute atomic E-state index is 0.101. The molecule has 7 nitrogen and oxygen atoms in total. The van der Waals surface area contributed by atoms with E-state index in [1.165, 1.54) is 61.8 Å². The number of hydrogen-bond acceptors (Lipinski definition) is 5. The Labute approximate surface area is 181 Å². The summed E-state index contributed by atoms with van der Waals surface area (Å²) in [5.41, 5.74) is 1.99. The molecule has 1 N–H and O–H groups in total. The number of hydrogen-bond donors (Lipinski definition) is 1. The van der Waals surface area contributed by atoms with Crippen molar-refractivity contribution in [3.05, 3.63) is 77.2 Å². The van der Waals surface area contributed by atoms with Crippen LogP contribution >= 0.6 is 0 Å². The number of carbonyl (C=O) groups excluding carboxylic acids is 1. The van der Waals surface area contributed by atoms with Crippen molar-refractivity contribution in [1.29, 1.82) is 5.26 Å². The third kappa shape index (κ3) is 3.63. The summed E-state index contributed by atoms with van der Waals surface area (Å²) in [6.07, 6.45) is 2.97. The van der Waals surface area contributed by atoms with Crippen molar-refractivity contribution in [3.8, 4) is 22.9 Å². The van der Waals surface area contributed by atoms with Gasteiger partial charge < -0.3 is 9.64 Å². The molecule has 0 radical (unpaired) electrons. The minimum Gasteiger partial charge on any atom is -0.493 e. The van der Waals surface area contributed by atoms with Crippen LogP contribution in [0.4, 0.5) is 8.78 Å². The molecule has 0 aliphatic carbocycles. The molecule has 0 atom stereocenters. The standard InChI is InChI=1S/C23H17F2N5O2/c1-30(12-14-10-27-19(9-26)18-11-28-29-21(14)18)23(31)17-7-6-16(22(32-2)20(17)25)13-4-3-5-15(24)8-13/h3-8,10-11H,12H2,1-2H3,(H,28,29). The molecule has 0 saturated heterocycles. The Kier molecular flexibility index (Phi) is 5.52. The Morgan fingerprint density at radius 1 is 1.25 bits per heavy atom. The van der Waals surface area contributed by atoms with Crippen molar-refractivity contribution in [1.82, 2.24) is 20.1 Å². The average Bonchev–Trinajstić information content (AvgIpc) is 3.29. The average molecular weight is 433 g/mol. The van der Waals surface area contributed by atoms with Crippen LogP contribution in [-0.2, 0) is 6.54 Å². The Morgan fingerprint density at radius 2 is 2.06 bits per heavy atom. The highest BCUT2D eigenvalue weighted by atomic mass is 19.1. The Bertz CT molecular complexity index is 1380. The molecule has 2 aromatic carbocycles. The number of nitrogens with zero attached hydrogens (tertiary/aromatic N) is 4. The van der Waals surface area contributed by atoms with Gasteiger partial charge in [0.05, 0.1) is 29.8 Å². The molecule has 0 aliphatic rings. The number of nitriles is 1. The van der Waals surface area contributed by atoms with Gasteiger partial charge in [0.25, 0.3) is 5.91 Å². The number of H-pyrrole nitrogens is 1. The van der Waals surface area contributed by atoms with Gasteiger partial charge in [0.15, 0.2) is 17.3 Å². The Balaban J connectivity index is 1.66. The molecular formula is C23H17F2N5O2. The van der Waals surface area contributed by atoms with Gasteiger partial charge in [-0.25, -0.2) is 13.8 Å². The van der Waals surface area contributed by atoms with Crippen molar-refractivity contribution in [2.75, 3.05) is 14.2 Å². The number of rotatable bonds is 5. The van der Waals surface area contributed by atoms with Gasteiger partial charge in [-0.3, -0.25) is 9.89 Å². The van der Waals surface area contributed by atoms with Crippen LogP contribution in [0.1, 0.15) is 21.6 Å². The maximum Gasteiger partial charge on any atom is 0.257 e. The second kappa shape index (κ2) is 8.43. The van der Waals surface area contributed by atoms with E-state index in [0.29, 0.717) is 27.6 Å². The number of aromatic nitrogens is 3. The SMILES string of the molecule is COc1c(-c2cccc(F)c2)ccc(C(=O)N(C)Cc2cnc(C#N)c3cn[nH]c23)c1F. The predicted octanol–water partition coefficient (Wildman–Crippen LogP) is 4.06. The second-order valence-electron chi connectivity index (χ2n) is 7.08.